The smallest absolute Gasteiger partial charge is 0.321 e. The van der Waals surface area contributed by atoms with E-state index in [1.807, 2.05) is 18.5 Å². The highest BCUT2D eigenvalue weighted by Crippen LogP contribution is 2.05. The maximum Gasteiger partial charge on any atom is 0.321 e. The highest BCUT2D eigenvalue weighted by molar-refractivity contribution is 5.22. The molecular weight excluding hydrogens is 168 g/mol. The number of nitrogens with one attached hydrogen (secondary N) is 2. The molecule has 0 saturated heterocycles. The van der Waals surface area contributed by atoms with Gasteiger partial charge < -0.3 is 14.8 Å². The fourth-order valence-corrected chi connectivity index (χ4v) is 1.01. The molecule has 2 aromatic rings. The van der Waals surface area contributed by atoms with Crippen LogP contribution in [0.15, 0.2) is 23.0 Å². The van der Waals surface area contributed by atoms with Crippen LogP contribution in [0, 0.1) is 6.92 Å². The molecule has 0 unspecified atom stereocenters. The van der Waals surface area contributed by atoms with E-state index in [9.17, 15) is 0 Å². The van der Waals surface area contributed by atoms with Crippen molar-refractivity contribution >= 4 is 6.01 Å². The Morgan fingerprint density at radius 3 is 3.15 bits per heavy atom. The average molecular weight is 178 g/mol. The fraction of sp³-hybridized carbons (Fsp3) is 0.250. The maximum absolute atomic E-state index is 4.88. The van der Waals surface area contributed by atoms with Gasteiger partial charge in [-0.15, -0.1) is 0 Å². The summed E-state index contributed by atoms with van der Waals surface area (Å²) in [6.45, 7) is 2.47. The summed E-state index contributed by atoms with van der Waals surface area (Å²) in [6.07, 6.45) is 3.78. The third-order valence-corrected chi connectivity index (χ3v) is 1.63. The number of H-pyrrole nitrogens is 1. The Kier molecular flexibility index (Phi) is 1.99. The number of anilines is 1. The van der Waals surface area contributed by atoms with Crippen molar-refractivity contribution in [2.45, 2.75) is 13.5 Å². The number of hydrogen-bond acceptors (Lipinski definition) is 4. The van der Waals surface area contributed by atoms with Gasteiger partial charge in [0.2, 0.25) is 0 Å². The number of hydrogen-bond donors (Lipinski definition) is 2. The van der Waals surface area contributed by atoms with Crippen molar-refractivity contribution in [2.24, 2.45) is 0 Å². The van der Waals surface area contributed by atoms with Crippen LogP contribution in [0.4, 0.5) is 6.01 Å². The number of aromatic amines is 1. The lowest BCUT2D eigenvalue weighted by molar-refractivity contribution is 0.425. The normalized spacial score (nSPS) is 10.2. The van der Waals surface area contributed by atoms with Crippen LogP contribution in [0.2, 0.25) is 0 Å². The summed E-state index contributed by atoms with van der Waals surface area (Å²) in [7, 11) is 0. The van der Waals surface area contributed by atoms with Gasteiger partial charge in [-0.05, 0) is 18.6 Å². The van der Waals surface area contributed by atoms with Gasteiger partial charge in [-0.3, -0.25) is 0 Å². The van der Waals surface area contributed by atoms with E-state index < -0.39 is 0 Å². The van der Waals surface area contributed by atoms with E-state index in [1.165, 1.54) is 0 Å². The van der Waals surface area contributed by atoms with E-state index >= 15 is 0 Å². The largest absolute Gasteiger partial charge is 0.367 e. The molecule has 5 heteroatoms. The monoisotopic (exact) mass is 178 g/mol. The zero-order valence-electron chi connectivity index (χ0n) is 7.24. The van der Waals surface area contributed by atoms with E-state index in [2.05, 4.69) is 20.4 Å². The zero-order valence-corrected chi connectivity index (χ0v) is 7.24. The topological polar surface area (TPSA) is 66.7 Å². The minimum absolute atomic E-state index is 0.457. The standard InChI is InChI=1S/C8H10N4O/c1-6-11-8(13-12-6)10-5-7-2-3-9-4-7/h2-4,9H,5H2,1H3,(H,10,11,12). The van der Waals surface area contributed by atoms with Gasteiger partial charge in [0, 0.05) is 18.9 Å². The first-order chi connectivity index (χ1) is 6.34. The second-order valence-electron chi connectivity index (χ2n) is 2.72. The molecule has 0 aliphatic rings. The van der Waals surface area contributed by atoms with Gasteiger partial charge in [-0.2, -0.15) is 4.98 Å². The van der Waals surface area contributed by atoms with Gasteiger partial charge in [0.1, 0.15) is 0 Å². The molecule has 2 aromatic heterocycles. The van der Waals surface area contributed by atoms with Gasteiger partial charge >= 0.3 is 6.01 Å². The molecule has 2 rings (SSSR count). The Balaban J connectivity index is 1.93. The van der Waals surface area contributed by atoms with Gasteiger partial charge in [0.05, 0.1) is 0 Å². The summed E-state index contributed by atoms with van der Waals surface area (Å²) in [6, 6.07) is 2.44. The average Bonchev–Trinajstić information content (AvgIpc) is 2.71. The Bertz CT molecular complexity index is 365. The lowest BCUT2D eigenvalue weighted by Gasteiger charge is -1.95. The molecule has 0 atom stereocenters. The molecule has 2 heterocycles. The molecule has 0 saturated carbocycles. The molecule has 68 valence electrons. The predicted molar refractivity (Wildman–Crippen MR) is 47.2 cm³/mol. The Morgan fingerprint density at radius 2 is 2.54 bits per heavy atom. The van der Waals surface area contributed by atoms with Crippen LogP contribution in [0.5, 0.6) is 0 Å². The van der Waals surface area contributed by atoms with E-state index in [0.717, 1.165) is 5.56 Å². The summed E-state index contributed by atoms with van der Waals surface area (Å²) >= 11 is 0. The second-order valence-corrected chi connectivity index (χ2v) is 2.72. The summed E-state index contributed by atoms with van der Waals surface area (Å²) in [5.74, 6) is 0.636. The highest BCUT2D eigenvalue weighted by atomic mass is 16.5. The lowest BCUT2D eigenvalue weighted by Crippen LogP contribution is -1.97. The molecule has 0 aliphatic heterocycles. The molecule has 0 aromatic carbocycles. The van der Waals surface area contributed by atoms with Crippen molar-refractivity contribution in [3.63, 3.8) is 0 Å². The summed E-state index contributed by atoms with van der Waals surface area (Å²) in [4.78, 5) is 6.98. The first-order valence-corrected chi connectivity index (χ1v) is 4.00. The van der Waals surface area contributed by atoms with Crippen LogP contribution in [-0.2, 0) is 6.54 Å². The summed E-state index contributed by atoms with van der Waals surface area (Å²) < 4.78 is 4.88. The van der Waals surface area contributed by atoms with Gasteiger partial charge in [0.25, 0.3) is 0 Å². The first kappa shape index (κ1) is 7.85. The first-order valence-electron chi connectivity index (χ1n) is 4.00. The van der Waals surface area contributed by atoms with Gasteiger partial charge in [-0.1, -0.05) is 5.16 Å². The predicted octanol–water partition coefficient (Wildman–Crippen LogP) is 1.32. The van der Waals surface area contributed by atoms with E-state index in [0.29, 0.717) is 18.4 Å². The van der Waals surface area contributed by atoms with Crippen molar-refractivity contribution in [3.05, 3.63) is 29.8 Å². The van der Waals surface area contributed by atoms with Crippen molar-refractivity contribution in [3.8, 4) is 0 Å². The fourth-order valence-electron chi connectivity index (χ4n) is 1.01. The van der Waals surface area contributed by atoms with E-state index in [-0.39, 0.29) is 0 Å². The van der Waals surface area contributed by atoms with Gasteiger partial charge in [-0.25, -0.2) is 0 Å². The Hall–Kier alpha value is -1.78. The molecule has 2 N–H and O–H groups in total. The number of aryl methyl sites for hydroxylation is 1. The molecule has 0 bridgehead atoms. The minimum atomic E-state index is 0.457. The maximum atomic E-state index is 4.88. The van der Waals surface area contributed by atoms with Crippen LogP contribution in [0.25, 0.3) is 0 Å². The third kappa shape index (κ3) is 1.87. The molecular formula is C8H10N4O. The van der Waals surface area contributed by atoms with Crippen molar-refractivity contribution < 1.29 is 4.52 Å². The Labute approximate surface area is 75.2 Å². The van der Waals surface area contributed by atoms with Crippen LogP contribution in [0.1, 0.15) is 11.4 Å². The molecule has 0 fully saturated rings. The quantitative estimate of drug-likeness (QED) is 0.743. The minimum Gasteiger partial charge on any atom is -0.367 e. The summed E-state index contributed by atoms with van der Waals surface area (Å²) in [5, 5.41) is 6.67. The van der Waals surface area contributed by atoms with Crippen LogP contribution >= 0.6 is 0 Å². The SMILES string of the molecule is Cc1noc(NCc2cc[nH]c2)n1. The van der Waals surface area contributed by atoms with Crippen molar-refractivity contribution in [2.75, 3.05) is 5.32 Å². The molecule has 0 aliphatic carbocycles. The number of aromatic nitrogens is 3. The molecule has 0 radical (unpaired) electrons. The second kappa shape index (κ2) is 3.30. The van der Waals surface area contributed by atoms with Crippen molar-refractivity contribution in [1.29, 1.82) is 0 Å². The van der Waals surface area contributed by atoms with Crippen molar-refractivity contribution in [1.82, 2.24) is 15.1 Å². The van der Waals surface area contributed by atoms with Crippen LogP contribution in [-0.4, -0.2) is 15.1 Å². The summed E-state index contributed by atoms with van der Waals surface area (Å²) in [5.41, 5.74) is 1.15. The number of rotatable bonds is 3. The zero-order chi connectivity index (χ0) is 9.10. The molecule has 0 spiro atoms. The van der Waals surface area contributed by atoms with Gasteiger partial charge in [0.15, 0.2) is 5.82 Å². The Morgan fingerprint density at radius 1 is 1.62 bits per heavy atom. The number of nitrogens with zero attached hydrogens (tertiary/aromatic N) is 2. The highest BCUT2D eigenvalue weighted by Gasteiger charge is 2.00. The lowest BCUT2D eigenvalue weighted by atomic mass is 10.3. The van der Waals surface area contributed by atoms with E-state index in [4.69, 9.17) is 4.52 Å². The third-order valence-electron chi connectivity index (χ3n) is 1.63. The molecule has 5 nitrogen and oxygen atoms in total. The van der Waals surface area contributed by atoms with E-state index in [1.54, 1.807) is 6.92 Å². The van der Waals surface area contributed by atoms with Crippen LogP contribution < -0.4 is 5.32 Å². The van der Waals surface area contributed by atoms with Crippen LogP contribution in [0.3, 0.4) is 0 Å². The molecule has 0 amide bonds. The molecule has 13 heavy (non-hydrogen) atoms.